The number of hydrogen-bond acceptors (Lipinski definition) is 3. The number of aldehydes is 1. The summed E-state index contributed by atoms with van der Waals surface area (Å²) in [6, 6.07) is 4.82. The van der Waals surface area contributed by atoms with Crippen LogP contribution in [0.5, 0.6) is 5.75 Å². The molecule has 0 fully saturated rings. The molecule has 1 heterocycles. The molecule has 1 N–H and O–H groups in total. The number of fused-ring (bicyclic) bond motifs is 1. The Labute approximate surface area is 74.6 Å². The largest absolute Gasteiger partial charge is 0.508 e. The van der Waals surface area contributed by atoms with E-state index < -0.39 is 0 Å². The van der Waals surface area contributed by atoms with Crippen LogP contribution in [0, 0.1) is 0 Å². The highest BCUT2D eigenvalue weighted by atomic mass is 16.5. The molecule has 66 valence electrons. The molecule has 0 unspecified atom stereocenters. The van der Waals surface area contributed by atoms with Gasteiger partial charge < -0.3 is 9.84 Å². The molecule has 0 amide bonds. The molecule has 0 spiro atoms. The number of rotatable bonds is 1. The van der Waals surface area contributed by atoms with E-state index in [-0.39, 0.29) is 5.75 Å². The number of phenolic OH excluding ortho intramolecular Hbond substituents is 1. The zero-order chi connectivity index (χ0) is 9.26. The number of carbonyl (C=O) groups is 1. The van der Waals surface area contributed by atoms with Crippen LogP contribution in [0.2, 0.25) is 0 Å². The third kappa shape index (κ3) is 1.28. The van der Waals surface area contributed by atoms with Crippen molar-refractivity contribution in [1.29, 1.82) is 0 Å². The summed E-state index contributed by atoms with van der Waals surface area (Å²) in [6.45, 7) is 0.379. The number of benzene rings is 1. The van der Waals surface area contributed by atoms with Crippen molar-refractivity contribution in [2.24, 2.45) is 0 Å². The van der Waals surface area contributed by atoms with E-state index in [1.807, 2.05) is 6.08 Å². The normalized spacial score (nSPS) is 14.0. The van der Waals surface area contributed by atoms with Crippen LogP contribution in [0.15, 0.2) is 18.2 Å². The number of carbonyl (C=O) groups excluding carboxylic acids is 1. The number of ether oxygens (including phenoxy) is 1. The molecule has 13 heavy (non-hydrogen) atoms. The van der Waals surface area contributed by atoms with Gasteiger partial charge in [-0.25, -0.2) is 0 Å². The monoisotopic (exact) mass is 176 g/mol. The highest BCUT2D eigenvalue weighted by Gasteiger charge is 2.03. The van der Waals surface area contributed by atoms with Crippen molar-refractivity contribution in [2.75, 3.05) is 6.61 Å². The first-order valence-electron chi connectivity index (χ1n) is 3.93. The molecule has 1 aromatic rings. The molecule has 1 aliphatic rings. The van der Waals surface area contributed by atoms with Gasteiger partial charge in [0.05, 0.1) is 0 Å². The summed E-state index contributed by atoms with van der Waals surface area (Å²) in [5.74, 6) is 0.527. The topological polar surface area (TPSA) is 46.5 Å². The van der Waals surface area contributed by atoms with Gasteiger partial charge in [-0.05, 0) is 29.5 Å². The van der Waals surface area contributed by atoms with Gasteiger partial charge in [0, 0.05) is 5.22 Å². The van der Waals surface area contributed by atoms with Gasteiger partial charge in [0.1, 0.15) is 12.4 Å². The SMILES string of the molecule is O=CC1=c2ccc(O)cc2=CCO1. The fourth-order valence-corrected chi connectivity index (χ4v) is 1.34. The molecule has 1 aromatic carbocycles. The molecular formula is C10H8O3. The van der Waals surface area contributed by atoms with Crippen LogP contribution < -0.4 is 10.4 Å². The summed E-state index contributed by atoms with van der Waals surface area (Å²) in [5.41, 5.74) is 0. The predicted octanol–water partition coefficient (Wildman–Crippen LogP) is -0.490. The Morgan fingerprint density at radius 1 is 1.46 bits per heavy atom. The predicted molar refractivity (Wildman–Crippen MR) is 47.2 cm³/mol. The Hall–Kier alpha value is -1.77. The van der Waals surface area contributed by atoms with Gasteiger partial charge in [0.2, 0.25) is 0 Å². The van der Waals surface area contributed by atoms with E-state index >= 15 is 0 Å². The van der Waals surface area contributed by atoms with E-state index in [0.29, 0.717) is 18.7 Å². The first-order valence-corrected chi connectivity index (χ1v) is 3.93. The fourth-order valence-electron chi connectivity index (χ4n) is 1.34. The van der Waals surface area contributed by atoms with Gasteiger partial charge in [0.15, 0.2) is 12.0 Å². The summed E-state index contributed by atoms with van der Waals surface area (Å²) in [7, 11) is 0. The Morgan fingerprint density at radius 3 is 3.08 bits per heavy atom. The van der Waals surface area contributed by atoms with Gasteiger partial charge >= 0.3 is 0 Å². The van der Waals surface area contributed by atoms with Crippen molar-refractivity contribution >= 4 is 18.1 Å². The third-order valence-electron chi connectivity index (χ3n) is 1.95. The highest BCUT2D eigenvalue weighted by Crippen LogP contribution is 2.01. The fraction of sp³-hybridized carbons (Fsp3) is 0.100. The van der Waals surface area contributed by atoms with Crippen molar-refractivity contribution < 1.29 is 14.6 Å². The maximum Gasteiger partial charge on any atom is 0.185 e. The molecule has 0 aromatic heterocycles. The van der Waals surface area contributed by atoms with E-state index in [9.17, 15) is 9.90 Å². The maximum absolute atomic E-state index is 10.6. The summed E-state index contributed by atoms with van der Waals surface area (Å²) in [6.07, 6.45) is 2.50. The zero-order valence-electron chi connectivity index (χ0n) is 6.86. The van der Waals surface area contributed by atoms with Crippen molar-refractivity contribution in [3.63, 3.8) is 0 Å². The lowest BCUT2D eigenvalue weighted by Crippen LogP contribution is -2.31. The Kier molecular flexibility index (Phi) is 1.77. The number of aromatic hydroxyl groups is 1. The second-order valence-corrected chi connectivity index (χ2v) is 2.77. The van der Waals surface area contributed by atoms with E-state index in [2.05, 4.69) is 0 Å². The highest BCUT2D eigenvalue weighted by molar-refractivity contribution is 5.94. The van der Waals surface area contributed by atoms with E-state index in [1.54, 1.807) is 12.1 Å². The van der Waals surface area contributed by atoms with Crippen LogP contribution in [-0.2, 0) is 9.53 Å². The average Bonchev–Trinajstić information content (AvgIpc) is 2.16. The first kappa shape index (κ1) is 7.86. The second kappa shape index (κ2) is 2.94. The summed E-state index contributed by atoms with van der Waals surface area (Å²) in [4.78, 5) is 10.6. The van der Waals surface area contributed by atoms with Crippen LogP contribution in [0.3, 0.4) is 0 Å². The smallest absolute Gasteiger partial charge is 0.185 e. The molecule has 0 saturated heterocycles. The van der Waals surface area contributed by atoms with Crippen molar-refractivity contribution in [3.8, 4) is 5.75 Å². The zero-order valence-corrected chi connectivity index (χ0v) is 6.86. The van der Waals surface area contributed by atoms with Crippen molar-refractivity contribution in [3.05, 3.63) is 28.6 Å². The van der Waals surface area contributed by atoms with Crippen molar-refractivity contribution in [2.45, 2.75) is 0 Å². The molecule has 0 radical (unpaired) electrons. The van der Waals surface area contributed by atoms with E-state index in [4.69, 9.17) is 4.74 Å². The molecule has 2 rings (SSSR count). The molecule has 0 bridgehead atoms. The van der Waals surface area contributed by atoms with Crippen LogP contribution in [0.4, 0.5) is 0 Å². The molecule has 3 nitrogen and oxygen atoms in total. The number of hydrogen-bond donors (Lipinski definition) is 1. The molecule has 1 aliphatic heterocycles. The minimum Gasteiger partial charge on any atom is -0.508 e. The minimum absolute atomic E-state index is 0.196. The number of phenols is 1. The summed E-state index contributed by atoms with van der Waals surface area (Å²) >= 11 is 0. The van der Waals surface area contributed by atoms with Gasteiger partial charge in [-0.3, -0.25) is 4.79 Å². The van der Waals surface area contributed by atoms with Gasteiger partial charge in [-0.15, -0.1) is 0 Å². The maximum atomic E-state index is 10.6. The van der Waals surface area contributed by atoms with E-state index in [0.717, 1.165) is 10.4 Å². The average molecular weight is 176 g/mol. The minimum atomic E-state index is 0.196. The van der Waals surface area contributed by atoms with Gasteiger partial charge in [-0.2, -0.15) is 0 Å². The molecule has 0 saturated carbocycles. The molecule has 0 aliphatic carbocycles. The van der Waals surface area contributed by atoms with Crippen LogP contribution in [0.1, 0.15) is 0 Å². The van der Waals surface area contributed by atoms with Crippen LogP contribution >= 0.6 is 0 Å². The first-order chi connectivity index (χ1) is 6.31. The summed E-state index contributed by atoms with van der Waals surface area (Å²) in [5, 5.41) is 10.8. The van der Waals surface area contributed by atoms with Crippen LogP contribution in [0.25, 0.3) is 11.8 Å². The Morgan fingerprint density at radius 2 is 2.31 bits per heavy atom. The lowest BCUT2D eigenvalue weighted by atomic mass is 10.2. The van der Waals surface area contributed by atoms with E-state index in [1.165, 1.54) is 6.07 Å². The molecule has 3 heteroatoms. The third-order valence-corrected chi connectivity index (χ3v) is 1.95. The quantitative estimate of drug-likeness (QED) is 0.587. The van der Waals surface area contributed by atoms with Crippen molar-refractivity contribution in [1.82, 2.24) is 0 Å². The Bertz CT molecular complexity index is 460. The second-order valence-electron chi connectivity index (χ2n) is 2.77. The standard InChI is InChI=1S/C10H8O3/c11-6-10-9-2-1-8(12)5-7(9)3-4-13-10/h1-3,5-6,12H,4H2. The van der Waals surface area contributed by atoms with Gasteiger partial charge in [0.25, 0.3) is 0 Å². The van der Waals surface area contributed by atoms with Gasteiger partial charge in [-0.1, -0.05) is 0 Å². The van der Waals surface area contributed by atoms with Crippen LogP contribution in [-0.4, -0.2) is 18.0 Å². The Balaban J connectivity index is 2.84. The lowest BCUT2D eigenvalue weighted by Gasteiger charge is -2.07. The molecule has 0 atom stereocenters. The molecular weight excluding hydrogens is 168 g/mol. The summed E-state index contributed by atoms with van der Waals surface area (Å²) < 4.78 is 5.10. The lowest BCUT2D eigenvalue weighted by molar-refractivity contribution is -0.105.